The maximum atomic E-state index is 6.24. The largest absolute Gasteiger partial charge is 0.375 e. The van der Waals surface area contributed by atoms with E-state index >= 15 is 0 Å². The van der Waals surface area contributed by atoms with Crippen LogP contribution in [-0.2, 0) is 11.2 Å². The molecular weight excluding hydrogens is 324 g/mol. The minimum absolute atomic E-state index is 0.120. The topological polar surface area (TPSA) is 51.5 Å². The number of pyridine rings is 2. The number of aromatic nitrogens is 3. The molecule has 2 aliphatic rings. The first-order valence-electron chi connectivity index (χ1n) is 9.54. The molecule has 1 spiro atoms. The van der Waals surface area contributed by atoms with Gasteiger partial charge in [0.2, 0.25) is 0 Å². The standard InChI is InChI=1S/C21H24N4O/c1-2-11-25-19(14-23-20(25)6-1)18-5-3-4-17(24-18)12-16-13-21(26-15-16)7-9-22-10-8-21/h1-6,11,14,16,22H,7-10,12-13,15H2/t16-/m0/s1. The summed E-state index contributed by atoms with van der Waals surface area (Å²) in [6, 6.07) is 12.4. The van der Waals surface area contributed by atoms with Gasteiger partial charge in [-0.05, 0) is 69.0 Å². The van der Waals surface area contributed by atoms with Crippen LogP contribution in [0.1, 0.15) is 25.0 Å². The number of nitrogens with zero attached hydrogens (tertiary/aromatic N) is 3. The van der Waals surface area contributed by atoms with Crippen LogP contribution in [0.15, 0.2) is 48.8 Å². The molecule has 2 saturated heterocycles. The van der Waals surface area contributed by atoms with E-state index in [1.165, 1.54) is 0 Å². The fourth-order valence-corrected chi connectivity index (χ4v) is 4.45. The van der Waals surface area contributed by atoms with E-state index in [1.807, 2.05) is 30.6 Å². The van der Waals surface area contributed by atoms with Gasteiger partial charge in [-0.25, -0.2) is 4.98 Å². The maximum absolute atomic E-state index is 6.24. The molecule has 0 aliphatic carbocycles. The smallest absolute Gasteiger partial charge is 0.137 e. The average Bonchev–Trinajstić information content (AvgIpc) is 3.27. The normalized spacial score (nSPS) is 22.2. The highest BCUT2D eigenvalue weighted by Crippen LogP contribution is 2.38. The lowest BCUT2D eigenvalue weighted by molar-refractivity contribution is -0.0196. The molecule has 1 atom stereocenters. The summed E-state index contributed by atoms with van der Waals surface area (Å²) < 4.78 is 8.34. The Kier molecular flexibility index (Phi) is 3.98. The Hall–Kier alpha value is -2.24. The van der Waals surface area contributed by atoms with E-state index in [-0.39, 0.29) is 5.60 Å². The van der Waals surface area contributed by atoms with Gasteiger partial charge in [0.25, 0.3) is 0 Å². The molecule has 0 unspecified atom stereocenters. The van der Waals surface area contributed by atoms with Gasteiger partial charge >= 0.3 is 0 Å². The van der Waals surface area contributed by atoms with Gasteiger partial charge in [-0.15, -0.1) is 0 Å². The third-order valence-corrected chi connectivity index (χ3v) is 5.78. The molecule has 0 amide bonds. The van der Waals surface area contributed by atoms with Crippen molar-refractivity contribution in [3.05, 3.63) is 54.5 Å². The predicted molar refractivity (Wildman–Crippen MR) is 101 cm³/mol. The second-order valence-electron chi connectivity index (χ2n) is 7.60. The summed E-state index contributed by atoms with van der Waals surface area (Å²) in [4.78, 5) is 9.42. The zero-order valence-electron chi connectivity index (χ0n) is 14.9. The lowest BCUT2D eigenvalue weighted by atomic mass is 9.85. The van der Waals surface area contributed by atoms with Crippen molar-refractivity contribution >= 4 is 5.65 Å². The Bertz CT molecular complexity index is 913. The summed E-state index contributed by atoms with van der Waals surface area (Å²) in [6.45, 7) is 3.02. The first-order valence-corrected chi connectivity index (χ1v) is 9.54. The molecular formula is C21H24N4O. The van der Waals surface area contributed by atoms with E-state index in [4.69, 9.17) is 9.72 Å². The van der Waals surface area contributed by atoms with Gasteiger partial charge in [-0.2, -0.15) is 0 Å². The van der Waals surface area contributed by atoms with E-state index < -0.39 is 0 Å². The molecule has 5 heteroatoms. The van der Waals surface area contributed by atoms with Crippen molar-refractivity contribution < 1.29 is 4.74 Å². The highest BCUT2D eigenvalue weighted by molar-refractivity contribution is 5.60. The Morgan fingerprint density at radius 3 is 3.00 bits per heavy atom. The number of imidazole rings is 1. The zero-order valence-corrected chi connectivity index (χ0v) is 14.9. The van der Waals surface area contributed by atoms with Gasteiger partial charge in [-0.3, -0.25) is 9.38 Å². The SMILES string of the molecule is c1cc(C[C@@H]2COC3(CCNCC3)C2)nc(-c2cnc3ccccn23)c1. The number of ether oxygens (including phenoxy) is 1. The monoisotopic (exact) mass is 348 g/mol. The maximum Gasteiger partial charge on any atom is 0.137 e. The summed E-state index contributed by atoms with van der Waals surface area (Å²) in [5.74, 6) is 0.568. The van der Waals surface area contributed by atoms with Crippen LogP contribution in [-0.4, -0.2) is 39.7 Å². The van der Waals surface area contributed by atoms with Crippen LogP contribution >= 0.6 is 0 Å². The highest BCUT2D eigenvalue weighted by Gasteiger charge is 2.41. The van der Waals surface area contributed by atoms with Crippen LogP contribution in [0.4, 0.5) is 0 Å². The van der Waals surface area contributed by atoms with Gasteiger partial charge in [-0.1, -0.05) is 12.1 Å². The third kappa shape index (κ3) is 2.91. The molecule has 1 N–H and O–H groups in total. The first-order chi connectivity index (χ1) is 12.8. The minimum atomic E-state index is 0.120. The molecule has 134 valence electrons. The molecule has 0 radical (unpaired) electrons. The number of piperidine rings is 1. The molecule has 3 aromatic rings. The predicted octanol–water partition coefficient (Wildman–Crippen LogP) is 3.10. The number of hydrogen-bond acceptors (Lipinski definition) is 4. The lowest BCUT2D eigenvalue weighted by Gasteiger charge is -2.33. The Morgan fingerprint density at radius 1 is 1.15 bits per heavy atom. The molecule has 26 heavy (non-hydrogen) atoms. The minimum Gasteiger partial charge on any atom is -0.375 e. The average molecular weight is 348 g/mol. The number of hydrogen-bond donors (Lipinski definition) is 1. The van der Waals surface area contributed by atoms with Crippen LogP contribution in [0.2, 0.25) is 0 Å². The molecule has 3 aromatic heterocycles. The van der Waals surface area contributed by atoms with Crippen LogP contribution in [0.5, 0.6) is 0 Å². The van der Waals surface area contributed by atoms with E-state index in [1.54, 1.807) is 0 Å². The molecule has 0 saturated carbocycles. The van der Waals surface area contributed by atoms with Crippen molar-refractivity contribution in [2.24, 2.45) is 5.92 Å². The fraction of sp³-hybridized carbons (Fsp3) is 0.429. The van der Waals surface area contributed by atoms with Crippen molar-refractivity contribution in [1.82, 2.24) is 19.7 Å². The molecule has 0 aromatic carbocycles. The summed E-state index contributed by atoms with van der Waals surface area (Å²) in [6.07, 6.45) is 8.37. The van der Waals surface area contributed by atoms with E-state index in [0.29, 0.717) is 5.92 Å². The second kappa shape index (κ2) is 6.49. The van der Waals surface area contributed by atoms with E-state index in [9.17, 15) is 0 Å². The lowest BCUT2D eigenvalue weighted by Crippen LogP contribution is -2.41. The van der Waals surface area contributed by atoms with Crippen molar-refractivity contribution in [3.8, 4) is 11.4 Å². The molecule has 5 nitrogen and oxygen atoms in total. The third-order valence-electron chi connectivity index (χ3n) is 5.78. The number of rotatable bonds is 3. The zero-order chi connectivity index (χ0) is 17.4. The second-order valence-corrected chi connectivity index (χ2v) is 7.60. The van der Waals surface area contributed by atoms with Gasteiger partial charge in [0.15, 0.2) is 0 Å². The van der Waals surface area contributed by atoms with Crippen molar-refractivity contribution in [2.75, 3.05) is 19.7 Å². The summed E-state index contributed by atoms with van der Waals surface area (Å²) in [5, 5.41) is 3.44. The highest BCUT2D eigenvalue weighted by atomic mass is 16.5. The van der Waals surface area contributed by atoms with Crippen molar-refractivity contribution in [1.29, 1.82) is 0 Å². The molecule has 2 aliphatic heterocycles. The number of nitrogens with one attached hydrogen (secondary N) is 1. The number of fused-ring (bicyclic) bond motifs is 1. The van der Waals surface area contributed by atoms with Gasteiger partial charge < -0.3 is 10.1 Å². The Labute approximate surface area is 153 Å². The van der Waals surface area contributed by atoms with Crippen molar-refractivity contribution in [2.45, 2.75) is 31.3 Å². The summed E-state index contributed by atoms with van der Waals surface area (Å²) in [5.41, 5.74) is 4.24. The van der Waals surface area contributed by atoms with Gasteiger partial charge in [0.1, 0.15) is 5.65 Å². The first kappa shape index (κ1) is 16.0. The fourth-order valence-electron chi connectivity index (χ4n) is 4.45. The molecule has 5 heterocycles. The summed E-state index contributed by atoms with van der Waals surface area (Å²) in [7, 11) is 0. The Morgan fingerprint density at radius 2 is 2.08 bits per heavy atom. The van der Waals surface area contributed by atoms with Crippen LogP contribution < -0.4 is 5.32 Å². The van der Waals surface area contributed by atoms with Crippen LogP contribution in [0.3, 0.4) is 0 Å². The van der Waals surface area contributed by atoms with Crippen molar-refractivity contribution in [3.63, 3.8) is 0 Å². The summed E-state index contributed by atoms with van der Waals surface area (Å²) >= 11 is 0. The quantitative estimate of drug-likeness (QED) is 0.790. The van der Waals surface area contributed by atoms with Gasteiger partial charge in [0, 0.05) is 11.9 Å². The Balaban J connectivity index is 1.36. The van der Waals surface area contributed by atoms with Gasteiger partial charge in [0.05, 0.1) is 29.8 Å². The van der Waals surface area contributed by atoms with Crippen LogP contribution in [0, 0.1) is 5.92 Å². The van der Waals surface area contributed by atoms with E-state index in [2.05, 4.69) is 32.9 Å². The molecule has 5 rings (SSSR count). The van der Waals surface area contributed by atoms with E-state index in [0.717, 1.165) is 68.1 Å². The molecule has 0 bridgehead atoms. The molecule has 2 fully saturated rings. The van der Waals surface area contributed by atoms with Crippen LogP contribution in [0.25, 0.3) is 17.0 Å².